The molecule has 0 unspecified atom stereocenters. The van der Waals surface area contributed by atoms with Gasteiger partial charge in [0, 0.05) is 24.7 Å². The molecule has 0 radical (unpaired) electrons. The monoisotopic (exact) mass is 347 g/mol. The largest absolute Gasteiger partial charge is 0.496 e. The van der Waals surface area contributed by atoms with Crippen LogP contribution in [0.1, 0.15) is 34.1 Å². The minimum Gasteiger partial charge on any atom is -0.453 e. The highest BCUT2D eigenvalue weighted by atomic mass is 16.7. The predicted octanol–water partition coefficient (Wildman–Crippen LogP) is 1.32. The molecular formula is C17H26BN3O4. The van der Waals surface area contributed by atoms with Crippen molar-refractivity contribution in [2.45, 2.75) is 51.4 Å². The van der Waals surface area contributed by atoms with Gasteiger partial charge >= 0.3 is 13.2 Å². The van der Waals surface area contributed by atoms with E-state index >= 15 is 0 Å². The number of amides is 1. The Morgan fingerprint density at radius 2 is 2.00 bits per heavy atom. The molecule has 136 valence electrons. The number of aromatic nitrogens is 1. The number of rotatable bonds is 3. The first-order chi connectivity index (χ1) is 11.7. The number of methoxy groups -OCH3 is 1. The average Bonchev–Trinajstić information content (AvgIpc) is 3.10. The molecule has 1 aromatic rings. The Labute approximate surface area is 149 Å². The second-order valence-corrected chi connectivity index (χ2v) is 7.61. The first kappa shape index (κ1) is 18.0. The fourth-order valence-corrected chi connectivity index (χ4v) is 3.01. The number of nitrogens with one attached hydrogen (secondary N) is 1. The zero-order valence-electron chi connectivity index (χ0n) is 15.5. The Bertz CT molecular complexity index is 619. The van der Waals surface area contributed by atoms with Crippen LogP contribution >= 0.6 is 0 Å². The average molecular weight is 347 g/mol. The van der Waals surface area contributed by atoms with E-state index in [-0.39, 0.29) is 17.2 Å². The van der Waals surface area contributed by atoms with Gasteiger partial charge in [-0.05, 0) is 40.2 Å². The van der Waals surface area contributed by atoms with E-state index in [1.807, 2.05) is 39.8 Å². The van der Waals surface area contributed by atoms with Crippen LogP contribution in [0.15, 0.2) is 18.3 Å². The Morgan fingerprint density at radius 1 is 1.32 bits per heavy atom. The molecule has 2 fully saturated rings. The number of alkyl carbamates (subject to hydrolysis) is 1. The summed E-state index contributed by atoms with van der Waals surface area (Å²) in [6.45, 7) is 9.71. The topological polar surface area (TPSA) is 72.9 Å². The number of hydrogen-bond acceptors (Lipinski definition) is 6. The second kappa shape index (κ2) is 6.50. The van der Waals surface area contributed by atoms with Crippen molar-refractivity contribution in [3.8, 4) is 0 Å². The van der Waals surface area contributed by atoms with Crippen molar-refractivity contribution in [3.05, 3.63) is 18.3 Å². The fourth-order valence-electron chi connectivity index (χ4n) is 3.01. The summed E-state index contributed by atoms with van der Waals surface area (Å²) >= 11 is 0. The fraction of sp³-hybridized carbons (Fsp3) is 0.647. The first-order valence-corrected chi connectivity index (χ1v) is 8.63. The first-order valence-electron chi connectivity index (χ1n) is 8.63. The normalized spacial score (nSPS) is 24.4. The SMILES string of the molecule is COC(=O)N[C@H]1CCN(c2ccc(B3OC(C)(C)C(C)(C)O3)cn2)C1. The highest BCUT2D eigenvalue weighted by Gasteiger charge is 2.51. The van der Waals surface area contributed by atoms with Gasteiger partial charge in [-0.25, -0.2) is 9.78 Å². The molecule has 2 saturated heterocycles. The third kappa shape index (κ3) is 3.60. The third-order valence-corrected chi connectivity index (χ3v) is 5.32. The lowest BCUT2D eigenvalue weighted by Crippen LogP contribution is -2.41. The maximum Gasteiger partial charge on any atom is 0.496 e. The number of carbonyl (C=O) groups excluding carboxylic acids is 1. The van der Waals surface area contributed by atoms with Crippen molar-refractivity contribution in [1.29, 1.82) is 0 Å². The molecule has 0 aromatic carbocycles. The van der Waals surface area contributed by atoms with Crippen molar-refractivity contribution in [2.24, 2.45) is 0 Å². The lowest BCUT2D eigenvalue weighted by atomic mass is 9.80. The Hall–Kier alpha value is -1.80. The van der Waals surface area contributed by atoms with Crippen LogP contribution < -0.4 is 15.7 Å². The van der Waals surface area contributed by atoms with E-state index in [0.717, 1.165) is 30.8 Å². The molecule has 0 spiro atoms. The predicted molar refractivity (Wildman–Crippen MR) is 96.1 cm³/mol. The van der Waals surface area contributed by atoms with Gasteiger partial charge in [0.2, 0.25) is 0 Å². The van der Waals surface area contributed by atoms with Crippen LogP contribution in [-0.2, 0) is 14.0 Å². The maximum absolute atomic E-state index is 11.3. The molecule has 3 heterocycles. The van der Waals surface area contributed by atoms with E-state index in [2.05, 4.69) is 19.9 Å². The molecule has 7 nitrogen and oxygen atoms in total. The van der Waals surface area contributed by atoms with Crippen molar-refractivity contribution in [3.63, 3.8) is 0 Å². The summed E-state index contributed by atoms with van der Waals surface area (Å²) in [6.07, 6.45) is 2.28. The van der Waals surface area contributed by atoms with E-state index in [9.17, 15) is 4.79 Å². The number of carbonyl (C=O) groups is 1. The lowest BCUT2D eigenvalue weighted by Gasteiger charge is -2.32. The molecule has 0 bridgehead atoms. The van der Waals surface area contributed by atoms with Gasteiger partial charge in [-0.15, -0.1) is 0 Å². The summed E-state index contributed by atoms with van der Waals surface area (Å²) in [5.74, 6) is 0.884. The van der Waals surface area contributed by atoms with E-state index in [1.54, 1.807) is 6.20 Å². The van der Waals surface area contributed by atoms with Crippen LogP contribution in [0.4, 0.5) is 10.6 Å². The standard InChI is InChI=1S/C17H26BN3O4/c1-16(2)17(3,4)25-18(24-16)12-6-7-14(19-10-12)21-9-8-13(11-21)20-15(22)23-5/h6-7,10,13H,8-9,11H2,1-5H3,(H,20,22)/t13-/m0/s1. The summed E-state index contributed by atoms with van der Waals surface area (Å²) in [6, 6.07) is 4.05. The van der Waals surface area contributed by atoms with Crippen LogP contribution in [0, 0.1) is 0 Å². The van der Waals surface area contributed by atoms with Gasteiger partial charge in [-0.3, -0.25) is 0 Å². The smallest absolute Gasteiger partial charge is 0.453 e. The minimum absolute atomic E-state index is 0.0806. The molecule has 25 heavy (non-hydrogen) atoms. The Morgan fingerprint density at radius 3 is 2.56 bits per heavy atom. The highest BCUT2D eigenvalue weighted by molar-refractivity contribution is 6.62. The van der Waals surface area contributed by atoms with Crippen LogP contribution in [0.3, 0.4) is 0 Å². The van der Waals surface area contributed by atoms with E-state index in [4.69, 9.17) is 9.31 Å². The zero-order valence-corrected chi connectivity index (χ0v) is 15.5. The molecular weight excluding hydrogens is 321 g/mol. The molecule has 0 saturated carbocycles. The molecule has 3 rings (SSSR count). The van der Waals surface area contributed by atoms with Crippen LogP contribution in [-0.4, -0.2) is 55.6 Å². The van der Waals surface area contributed by atoms with Gasteiger partial charge in [-0.1, -0.05) is 6.07 Å². The van der Waals surface area contributed by atoms with Crippen molar-refractivity contribution < 1.29 is 18.8 Å². The molecule has 1 amide bonds. The summed E-state index contributed by atoms with van der Waals surface area (Å²) in [4.78, 5) is 18.0. The molecule has 0 aliphatic carbocycles. The van der Waals surface area contributed by atoms with Gasteiger partial charge < -0.3 is 24.3 Å². The summed E-state index contributed by atoms with van der Waals surface area (Å²) < 4.78 is 16.8. The van der Waals surface area contributed by atoms with Crippen LogP contribution in [0.2, 0.25) is 0 Å². The Balaban J connectivity index is 1.63. The molecule has 1 aromatic heterocycles. The van der Waals surface area contributed by atoms with E-state index in [1.165, 1.54) is 7.11 Å². The number of nitrogens with zero attached hydrogens (tertiary/aromatic N) is 2. The van der Waals surface area contributed by atoms with Gasteiger partial charge in [0.25, 0.3) is 0 Å². The quantitative estimate of drug-likeness (QED) is 0.832. The number of anilines is 1. The van der Waals surface area contributed by atoms with Crippen LogP contribution in [0.5, 0.6) is 0 Å². The van der Waals surface area contributed by atoms with Gasteiger partial charge in [0.1, 0.15) is 5.82 Å². The molecule has 1 N–H and O–H groups in total. The molecule has 2 aliphatic heterocycles. The highest BCUT2D eigenvalue weighted by Crippen LogP contribution is 2.36. The van der Waals surface area contributed by atoms with Gasteiger partial charge in [-0.2, -0.15) is 0 Å². The third-order valence-electron chi connectivity index (χ3n) is 5.32. The number of hydrogen-bond donors (Lipinski definition) is 1. The lowest BCUT2D eigenvalue weighted by molar-refractivity contribution is 0.00578. The van der Waals surface area contributed by atoms with Crippen LogP contribution in [0.25, 0.3) is 0 Å². The van der Waals surface area contributed by atoms with Gasteiger partial charge in [0.15, 0.2) is 0 Å². The van der Waals surface area contributed by atoms with Gasteiger partial charge in [0.05, 0.1) is 24.4 Å². The zero-order chi connectivity index (χ0) is 18.2. The van der Waals surface area contributed by atoms with Crippen molar-refractivity contribution in [2.75, 3.05) is 25.1 Å². The van der Waals surface area contributed by atoms with Crippen molar-refractivity contribution >= 4 is 24.5 Å². The molecule has 2 aliphatic rings. The second-order valence-electron chi connectivity index (χ2n) is 7.61. The maximum atomic E-state index is 11.3. The molecule has 1 atom stereocenters. The van der Waals surface area contributed by atoms with Crippen molar-refractivity contribution in [1.82, 2.24) is 10.3 Å². The van der Waals surface area contributed by atoms with E-state index in [0.29, 0.717) is 0 Å². The minimum atomic E-state index is -0.404. The Kier molecular flexibility index (Phi) is 4.68. The number of ether oxygens (including phenoxy) is 1. The van der Waals surface area contributed by atoms with E-state index < -0.39 is 13.2 Å². The summed E-state index contributed by atoms with van der Waals surface area (Å²) in [7, 11) is 0.969. The molecule has 8 heteroatoms. The number of pyridine rings is 1. The summed E-state index contributed by atoms with van der Waals surface area (Å²) in [5, 5.41) is 2.83. The summed E-state index contributed by atoms with van der Waals surface area (Å²) in [5.41, 5.74) is 0.182.